The van der Waals surface area contributed by atoms with Crippen molar-refractivity contribution in [1.82, 2.24) is 30.2 Å². The Morgan fingerprint density at radius 3 is 2.77 bits per heavy atom. The number of carbonyl (C=O) groups is 1. The monoisotopic (exact) mass is 560 g/mol. The minimum absolute atomic E-state index is 0.0340. The molecule has 3 aromatic heterocycles. The molecule has 0 saturated carbocycles. The van der Waals surface area contributed by atoms with E-state index in [1.165, 1.54) is 30.5 Å². The van der Waals surface area contributed by atoms with E-state index in [2.05, 4.69) is 35.5 Å². The lowest BCUT2D eigenvalue weighted by Gasteiger charge is -2.20. The Kier molecular flexibility index (Phi) is 6.18. The Morgan fingerprint density at radius 1 is 1.25 bits per heavy atom. The molecule has 0 spiro atoms. The molecule has 0 unspecified atom stereocenters. The number of imidazole rings is 1. The number of pyridine rings is 1. The number of aromatic nitrogens is 7. The van der Waals surface area contributed by atoms with E-state index in [-0.39, 0.29) is 23.5 Å². The van der Waals surface area contributed by atoms with Gasteiger partial charge in [-0.2, -0.15) is 9.41 Å². The molecule has 1 aliphatic carbocycles. The summed E-state index contributed by atoms with van der Waals surface area (Å²) in [6, 6.07) is 13.6. The quantitative estimate of drug-likeness (QED) is 0.186. The third kappa shape index (κ3) is 4.31. The number of aromatic amines is 1. The fourth-order valence-corrected chi connectivity index (χ4v) is 5.07. The molecular weight excluding hydrogens is 540 g/mol. The van der Waals surface area contributed by atoms with Gasteiger partial charge in [-0.05, 0) is 52.4 Å². The molecule has 1 amide bonds. The van der Waals surface area contributed by atoms with E-state index in [1.807, 2.05) is 0 Å². The van der Waals surface area contributed by atoms with Crippen LogP contribution < -0.4 is 10.0 Å². The largest absolute Gasteiger partial charge is 0.618 e. The van der Waals surface area contributed by atoms with Crippen molar-refractivity contribution in [3.8, 4) is 28.1 Å². The van der Waals surface area contributed by atoms with Gasteiger partial charge < -0.3 is 25.1 Å². The maximum absolute atomic E-state index is 13.4. The van der Waals surface area contributed by atoms with Crippen LogP contribution in [0.5, 0.6) is 0 Å². The van der Waals surface area contributed by atoms with E-state index in [9.17, 15) is 20.2 Å². The van der Waals surface area contributed by atoms with Crippen molar-refractivity contribution in [2.75, 3.05) is 12.4 Å². The molecule has 202 valence electrons. The van der Waals surface area contributed by atoms with Crippen LogP contribution in [0, 0.1) is 5.21 Å². The molecule has 1 aliphatic rings. The Morgan fingerprint density at radius 2 is 2.05 bits per heavy atom. The van der Waals surface area contributed by atoms with Gasteiger partial charge in [0.2, 0.25) is 11.3 Å². The molecule has 14 heteroatoms. The molecule has 0 saturated heterocycles. The second-order valence-corrected chi connectivity index (χ2v) is 9.63. The first-order valence-corrected chi connectivity index (χ1v) is 12.4. The zero-order valence-electron chi connectivity index (χ0n) is 20.8. The fourth-order valence-electron chi connectivity index (χ4n) is 4.90. The zero-order valence-corrected chi connectivity index (χ0v) is 21.6. The standard InChI is InChI=1S/C26H21ClN8O5/c1-40-25(37)30-17-5-2-14(3-6-17)20-11-28-24(31-20)26(38)10-22(36)19-8-15(12-35(39)23(19)26)18-9-16(27)4-7-21(18)34-13-29-32-33-34/h2-9,11-13,22,36,38H,10H2,1H3,(H,28,31)(H,30,37)/t22-,26-/m0/s1. The lowest BCUT2D eigenvalue weighted by atomic mass is 9.98. The summed E-state index contributed by atoms with van der Waals surface area (Å²) < 4.78 is 6.57. The second kappa shape index (κ2) is 9.72. The Labute approximate surface area is 231 Å². The van der Waals surface area contributed by atoms with E-state index in [4.69, 9.17) is 11.6 Å². The van der Waals surface area contributed by atoms with Crippen LogP contribution in [0.25, 0.3) is 28.1 Å². The summed E-state index contributed by atoms with van der Waals surface area (Å²) >= 11 is 6.26. The molecule has 2 aromatic carbocycles. The summed E-state index contributed by atoms with van der Waals surface area (Å²) in [5, 5.41) is 50.4. The number of halogens is 1. The van der Waals surface area contributed by atoms with Gasteiger partial charge >= 0.3 is 6.09 Å². The smallest absolute Gasteiger partial charge is 0.411 e. The SMILES string of the molecule is COC(=O)Nc1ccc(-c2cnc([C@]3(O)C[C@H](O)c4cc(-c5cc(Cl)ccc5-n5cnnn5)c[n+]([O-])c43)[nH]2)cc1. The van der Waals surface area contributed by atoms with Crippen molar-refractivity contribution in [1.29, 1.82) is 0 Å². The number of tetrazole rings is 1. The van der Waals surface area contributed by atoms with Crippen LogP contribution in [-0.4, -0.2) is 53.6 Å². The van der Waals surface area contributed by atoms with E-state index in [0.29, 0.717) is 37.9 Å². The highest BCUT2D eigenvalue weighted by atomic mass is 35.5. The number of benzene rings is 2. The zero-order chi connectivity index (χ0) is 28.0. The molecule has 3 heterocycles. The molecule has 0 fully saturated rings. The predicted octanol–water partition coefficient (Wildman–Crippen LogP) is 2.86. The Hall–Kier alpha value is -4.85. The molecule has 13 nitrogen and oxygen atoms in total. The normalized spacial score (nSPS) is 17.9. The average molecular weight is 561 g/mol. The molecule has 2 atom stereocenters. The van der Waals surface area contributed by atoms with Gasteiger partial charge in [-0.1, -0.05) is 23.7 Å². The highest BCUT2D eigenvalue weighted by Crippen LogP contribution is 2.46. The molecule has 0 radical (unpaired) electrons. The fraction of sp³-hybridized carbons (Fsp3) is 0.154. The third-order valence-electron chi connectivity index (χ3n) is 6.76. The average Bonchev–Trinajstić information content (AvgIpc) is 3.70. The van der Waals surface area contributed by atoms with Crippen molar-refractivity contribution in [3.05, 3.63) is 94.6 Å². The Bertz CT molecular complexity index is 1720. The number of amides is 1. The van der Waals surface area contributed by atoms with Crippen LogP contribution >= 0.6 is 11.6 Å². The predicted molar refractivity (Wildman–Crippen MR) is 141 cm³/mol. The van der Waals surface area contributed by atoms with Gasteiger partial charge in [-0.3, -0.25) is 5.32 Å². The highest BCUT2D eigenvalue weighted by Gasteiger charge is 2.52. The summed E-state index contributed by atoms with van der Waals surface area (Å²) in [7, 11) is 1.27. The van der Waals surface area contributed by atoms with Crippen LogP contribution in [0.2, 0.25) is 5.02 Å². The van der Waals surface area contributed by atoms with E-state index in [1.54, 1.807) is 48.5 Å². The number of aliphatic hydroxyl groups excluding tert-OH is 1. The maximum Gasteiger partial charge on any atom is 0.411 e. The van der Waals surface area contributed by atoms with Crippen molar-refractivity contribution in [2.24, 2.45) is 0 Å². The van der Waals surface area contributed by atoms with Gasteiger partial charge in [0, 0.05) is 28.3 Å². The number of methoxy groups -OCH3 is 1. The van der Waals surface area contributed by atoms with E-state index < -0.39 is 17.8 Å². The first kappa shape index (κ1) is 25.4. The number of fused-ring (bicyclic) bond motifs is 1. The summed E-state index contributed by atoms with van der Waals surface area (Å²) in [4.78, 5) is 18.8. The third-order valence-corrected chi connectivity index (χ3v) is 7.00. The number of hydrogen-bond donors (Lipinski definition) is 4. The summed E-state index contributed by atoms with van der Waals surface area (Å²) in [5.41, 5.74) is 1.74. The summed E-state index contributed by atoms with van der Waals surface area (Å²) in [6.07, 6.45) is 2.32. The van der Waals surface area contributed by atoms with Gasteiger partial charge in [0.25, 0.3) is 0 Å². The van der Waals surface area contributed by atoms with Crippen molar-refractivity contribution < 1.29 is 24.5 Å². The number of aliphatic hydroxyl groups is 2. The molecule has 4 N–H and O–H groups in total. The van der Waals surface area contributed by atoms with E-state index >= 15 is 0 Å². The van der Waals surface area contributed by atoms with Gasteiger partial charge in [0.15, 0.2) is 6.20 Å². The number of hydrogen-bond acceptors (Lipinski definition) is 9. The van der Waals surface area contributed by atoms with Gasteiger partial charge in [0.05, 0.1) is 36.4 Å². The summed E-state index contributed by atoms with van der Waals surface area (Å²) in [6.45, 7) is 0. The van der Waals surface area contributed by atoms with Gasteiger partial charge in [-0.15, -0.1) is 5.10 Å². The van der Waals surface area contributed by atoms with Crippen LogP contribution in [0.3, 0.4) is 0 Å². The first-order valence-electron chi connectivity index (χ1n) is 12.0. The lowest BCUT2D eigenvalue weighted by Crippen LogP contribution is -2.42. The minimum atomic E-state index is -1.88. The minimum Gasteiger partial charge on any atom is -0.618 e. The number of anilines is 1. The van der Waals surface area contributed by atoms with E-state index in [0.717, 1.165) is 5.56 Å². The number of nitrogens with zero attached hydrogens (tertiary/aromatic N) is 6. The van der Waals surface area contributed by atoms with Crippen molar-refractivity contribution >= 4 is 23.4 Å². The molecule has 5 aromatic rings. The van der Waals surface area contributed by atoms with Crippen LogP contribution in [-0.2, 0) is 10.3 Å². The van der Waals surface area contributed by atoms with Gasteiger partial charge in [0.1, 0.15) is 12.2 Å². The number of rotatable bonds is 5. The molecule has 0 bridgehead atoms. The van der Waals surface area contributed by atoms with Crippen molar-refractivity contribution in [2.45, 2.75) is 18.1 Å². The highest BCUT2D eigenvalue weighted by molar-refractivity contribution is 6.31. The van der Waals surface area contributed by atoms with Crippen LogP contribution in [0.4, 0.5) is 10.5 Å². The number of H-pyrrole nitrogens is 1. The van der Waals surface area contributed by atoms with Crippen LogP contribution in [0.15, 0.2) is 67.3 Å². The molecular formula is C26H21ClN8O5. The lowest BCUT2D eigenvalue weighted by molar-refractivity contribution is -0.620. The van der Waals surface area contributed by atoms with Crippen LogP contribution in [0.1, 0.15) is 29.6 Å². The molecule has 0 aliphatic heterocycles. The molecule has 40 heavy (non-hydrogen) atoms. The maximum atomic E-state index is 13.4. The Balaban J connectivity index is 1.36. The topological polar surface area (TPSA) is 178 Å². The number of ether oxygens (including phenoxy) is 1. The summed E-state index contributed by atoms with van der Waals surface area (Å²) in [5.74, 6) is 0.103. The van der Waals surface area contributed by atoms with Gasteiger partial charge in [-0.25, -0.2) is 9.78 Å². The first-order chi connectivity index (χ1) is 19.3. The molecule has 6 rings (SSSR count). The number of carbonyl (C=O) groups excluding carboxylic acids is 1. The number of nitrogens with one attached hydrogen (secondary N) is 2. The van der Waals surface area contributed by atoms with Crippen molar-refractivity contribution in [3.63, 3.8) is 0 Å². The second-order valence-electron chi connectivity index (χ2n) is 9.19.